The second-order valence-electron chi connectivity index (χ2n) is 4.18. The second-order valence-corrected chi connectivity index (χ2v) is 4.18. The van der Waals surface area contributed by atoms with Gasteiger partial charge in [-0.1, -0.05) is 0 Å². The molecule has 0 spiro atoms. The van der Waals surface area contributed by atoms with E-state index in [0.717, 1.165) is 25.7 Å². The molecule has 0 heterocycles. The van der Waals surface area contributed by atoms with Crippen molar-refractivity contribution in [2.45, 2.75) is 45.1 Å². The first-order chi connectivity index (χ1) is 7.61. The van der Waals surface area contributed by atoms with Gasteiger partial charge < -0.3 is 15.2 Å². The summed E-state index contributed by atoms with van der Waals surface area (Å²) in [5.41, 5.74) is 0. The van der Waals surface area contributed by atoms with Gasteiger partial charge in [-0.2, -0.15) is 0 Å². The summed E-state index contributed by atoms with van der Waals surface area (Å²) in [5, 5.41) is 11.4. The second kappa shape index (κ2) is 6.35. The van der Waals surface area contributed by atoms with Crippen LogP contribution in [-0.2, 0) is 9.53 Å². The van der Waals surface area contributed by atoms with Crippen LogP contribution < -0.4 is 5.32 Å². The average molecular weight is 229 g/mol. The molecule has 0 unspecified atom stereocenters. The molecule has 0 saturated heterocycles. The Labute approximate surface area is 95.2 Å². The van der Waals surface area contributed by atoms with E-state index in [1.54, 1.807) is 6.92 Å². The van der Waals surface area contributed by atoms with Gasteiger partial charge >= 0.3 is 12.1 Å². The third-order valence-corrected chi connectivity index (χ3v) is 2.91. The van der Waals surface area contributed by atoms with Gasteiger partial charge in [-0.05, 0) is 38.5 Å². The fourth-order valence-corrected chi connectivity index (χ4v) is 2.10. The molecule has 92 valence electrons. The Balaban J connectivity index is 2.21. The number of carbonyl (C=O) groups is 2. The molecule has 0 radical (unpaired) electrons. The highest BCUT2D eigenvalue weighted by atomic mass is 16.5. The molecule has 1 rings (SSSR count). The molecular weight excluding hydrogens is 210 g/mol. The molecule has 16 heavy (non-hydrogen) atoms. The van der Waals surface area contributed by atoms with E-state index in [1.165, 1.54) is 0 Å². The van der Waals surface area contributed by atoms with E-state index in [-0.39, 0.29) is 24.5 Å². The molecule has 5 heteroatoms. The highest BCUT2D eigenvalue weighted by molar-refractivity contribution is 5.68. The third kappa shape index (κ3) is 4.51. The van der Waals surface area contributed by atoms with Gasteiger partial charge in [0.1, 0.15) is 0 Å². The number of amides is 1. The van der Waals surface area contributed by atoms with Crippen molar-refractivity contribution in [3.63, 3.8) is 0 Å². The highest BCUT2D eigenvalue weighted by Gasteiger charge is 2.24. The summed E-state index contributed by atoms with van der Waals surface area (Å²) in [4.78, 5) is 21.7. The summed E-state index contributed by atoms with van der Waals surface area (Å²) in [5.74, 6) is -0.473. The van der Waals surface area contributed by atoms with Gasteiger partial charge in [0.05, 0.1) is 6.61 Å². The Kier molecular flexibility index (Phi) is 5.08. The van der Waals surface area contributed by atoms with E-state index in [1.807, 2.05) is 0 Å². The Hall–Kier alpha value is -1.26. The maximum Gasteiger partial charge on any atom is 0.407 e. The van der Waals surface area contributed by atoms with E-state index in [4.69, 9.17) is 9.84 Å². The number of rotatable bonds is 4. The molecule has 0 aliphatic heterocycles. The molecule has 1 saturated carbocycles. The predicted octanol–water partition coefficient (Wildman–Crippen LogP) is 1.77. The predicted molar refractivity (Wildman–Crippen MR) is 58.2 cm³/mol. The Morgan fingerprint density at radius 2 is 1.94 bits per heavy atom. The Morgan fingerprint density at radius 3 is 2.44 bits per heavy atom. The first-order valence-corrected chi connectivity index (χ1v) is 5.77. The fraction of sp³-hybridized carbons (Fsp3) is 0.818. The smallest absolute Gasteiger partial charge is 0.407 e. The molecule has 1 amide bonds. The molecule has 0 aromatic heterocycles. The number of carboxylic acid groups (broad SMARTS) is 1. The van der Waals surface area contributed by atoms with E-state index >= 15 is 0 Å². The normalized spacial score (nSPS) is 24.8. The number of hydrogen-bond acceptors (Lipinski definition) is 3. The van der Waals surface area contributed by atoms with Crippen molar-refractivity contribution in [2.24, 2.45) is 5.92 Å². The summed E-state index contributed by atoms with van der Waals surface area (Å²) < 4.78 is 4.79. The van der Waals surface area contributed by atoms with Gasteiger partial charge in [0, 0.05) is 12.5 Å². The van der Waals surface area contributed by atoms with Crippen LogP contribution in [-0.4, -0.2) is 29.8 Å². The van der Waals surface area contributed by atoms with Crippen LogP contribution in [0.15, 0.2) is 0 Å². The number of carboxylic acids is 1. The molecule has 0 aromatic rings. The molecule has 0 bridgehead atoms. The zero-order valence-electron chi connectivity index (χ0n) is 9.57. The van der Waals surface area contributed by atoms with Crippen LogP contribution in [0.25, 0.3) is 0 Å². The monoisotopic (exact) mass is 229 g/mol. The van der Waals surface area contributed by atoms with Crippen molar-refractivity contribution in [1.82, 2.24) is 5.32 Å². The summed E-state index contributed by atoms with van der Waals surface area (Å²) in [6.45, 7) is 2.14. The van der Waals surface area contributed by atoms with Crippen LogP contribution >= 0.6 is 0 Å². The summed E-state index contributed by atoms with van der Waals surface area (Å²) in [7, 11) is 0. The molecular formula is C11H19NO4. The number of carbonyl (C=O) groups excluding carboxylic acids is 1. The van der Waals surface area contributed by atoms with E-state index in [2.05, 4.69) is 5.32 Å². The van der Waals surface area contributed by atoms with Gasteiger partial charge in [0.2, 0.25) is 0 Å². The Morgan fingerprint density at radius 1 is 1.31 bits per heavy atom. The minimum Gasteiger partial charge on any atom is -0.481 e. The first kappa shape index (κ1) is 12.8. The maximum absolute atomic E-state index is 11.1. The van der Waals surface area contributed by atoms with Crippen LogP contribution in [0.1, 0.15) is 39.0 Å². The number of ether oxygens (including phenoxy) is 1. The van der Waals surface area contributed by atoms with Crippen LogP contribution in [0.3, 0.4) is 0 Å². The molecule has 1 aliphatic rings. The lowest BCUT2D eigenvalue weighted by atomic mass is 9.84. The maximum atomic E-state index is 11.1. The van der Waals surface area contributed by atoms with Crippen LogP contribution in [0.2, 0.25) is 0 Å². The van der Waals surface area contributed by atoms with Crippen molar-refractivity contribution in [3.05, 3.63) is 0 Å². The zero-order chi connectivity index (χ0) is 12.0. The molecule has 1 fully saturated rings. The standard InChI is InChI=1S/C11H19NO4/c1-2-16-11(15)12-9-5-3-8(4-6-9)7-10(13)14/h8-9H,2-7H2,1H3,(H,12,15)(H,13,14). The van der Waals surface area contributed by atoms with Crippen molar-refractivity contribution in [1.29, 1.82) is 0 Å². The number of aliphatic carboxylic acids is 1. The topological polar surface area (TPSA) is 75.6 Å². The molecule has 2 N–H and O–H groups in total. The van der Waals surface area contributed by atoms with Gasteiger partial charge in [-0.15, -0.1) is 0 Å². The molecule has 1 aliphatic carbocycles. The van der Waals surface area contributed by atoms with Crippen molar-refractivity contribution in [3.8, 4) is 0 Å². The van der Waals surface area contributed by atoms with Crippen LogP contribution in [0, 0.1) is 5.92 Å². The summed E-state index contributed by atoms with van der Waals surface area (Å²) >= 11 is 0. The lowest BCUT2D eigenvalue weighted by molar-refractivity contribution is -0.138. The minimum absolute atomic E-state index is 0.143. The minimum atomic E-state index is -0.734. The number of nitrogens with one attached hydrogen (secondary N) is 1. The Bertz CT molecular complexity index is 246. The van der Waals surface area contributed by atoms with E-state index < -0.39 is 5.97 Å². The van der Waals surface area contributed by atoms with Crippen LogP contribution in [0.4, 0.5) is 4.79 Å². The molecule has 0 atom stereocenters. The lowest BCUT2D eigenvalue weighted by Crippen LogP contribution is -2.38. The van der Waals surface area contributed by atoms with Gasteiger partial charge in [-0.3, -0.25) is 4.79 Å². The summed E-state index contributed by atoms with van der Waals surface area (Å²) in [6.07, 6.45) is 3.29. The lowest BCUT2D eigenvalue weighted by Gasteiger charge is -2.27. The number of hydrogen-bond donors (Lipinski definition) is 2. The van der Waals surface area contributed by atoms with E-state index in [0.29, 0.717) is 6.61 Å². The molecule has 0 aromatic carbocycles. The fourth-order valence-electron chi connectivity index (χ4n) is 2.10. The SMILES string of the molecule is CCOC(=O)NC1CCC(CC(=O)O)CC1. The van der Waals surface area contributed by atoms with E-state index in [9.17, 15) is 9.59 Å². The largest absolute Gasteiger partial charge is 0.481 e. The van der Waals surface area contributed by atoms with Crippen LogP contribution in [0.5, 0.6) is 0 Å². The van der Waals surface area contributed by atoms with Crippen molar-refractivity contribution in [2.75, 3.05) is 6.61 Å². The average Bonchev–Trinajstić information content (AvgIpc) is 2.20. The highest BCUT2D eigenvalue weighted by Crippen LogP contribution is 2.26. The summed E-state index contributed by atoms with van der Waals surface area (Å²) in [6, 6.07) is 0.143. The van der Waals surface area contributed by atoms with Gasteiger partial charge in [0.15, 0.2) is 0 Å². The van der Waals surface area contributed by atoms with Crippen molar-refractivity contribution >= 4 is 12.1 Å². The molecule has 5 nitrogen and oxygen atoms in total. The third-order valence-electron chi connectivity index (χ3n) is 2.91. The first-order valence-electron chi connectivity index (χ1n) is 5.77. The quantitative estimate of drug-likeness (QED) is 0.770. The van der Waals surface area contributed by atoms with Gasteiger partial charge in [-0.25, -0.2) is 4.79 Å². The van der Waals surface area contributed by atoms with Crippen molar-refractivity contribution < 1.29 is 19.4 Å². The zero-order valence-corrected chi connectivity index (χ0v) is 9.57. The number of alkyl carbamates (subject to hydrolysis) is 1. The van der Waals surface area contributed by atoms with Gasteiger partial charge in [0.25, 0.3) is 0 Å².